The molecule has 0 aliphatic rings. The minimum absolute atomic E-state index is 0.0467. The minimum atomic E-state index is -3.17. The van der Waals surface area contributed by atoms with Gasteiger partial charge in [0.2, 0.25) is 0 Å². The fourth-order valence-electron chi connectivity index (χ4n) is 1.69. The van der Waals surface area contributed by atoms with E-state index in [-0.39, 0.29) is 15.9 Å². The summed E-state index contributed by atoms with van der Waals surface area (Å²) in [6.07, 6.45) is 0. The number of nitriles is 1. The number of nitrogens with zero attached hydrogens (tertiary/aromatic N) is 3. The van der Waals surface area contributed by atoms with Crippen molar-refractivity contribution in [3.8, 4) is 17.5 Å². The SMILES string of the molecule is Cc1nn(-c2cc(F)c(Br)cc2F)c(C#N)c1OC(F)F. The van der Waals surface area contributed by atoms with Crippen molar-refractivity contribution >= 4 is 15.9 Å². The number of rotatable bonds is 3. The molecule has 0 aliphatic carbocycles. The maximum absolute atomic E-state index is 13.9. The Hall–Kier alpha value is -2.08. The highest BCUT2D eigenvalue weighted by molar-refractivity contribution is 9.10. The van der Waals surface area contributed by atoms with Gasteiger partial charge in [-0.3, -0.25) is 0 Å². The highest BCUT2D eigenvalue weighted by Gasteiger charge is 2.23. The van der Waals surface area contributed by atoms with Crippen LogP contribution < -0.4 is 4.74 Å². The molecule has 4 nitrogen and oxygen atoms in total. The van der Waals surface area contributed by atoms with Crippen molar-refractivity contribution in [2.24, 2.45) is 0 Å². The van der Waals surface area contributed by atoms with Crippen LogP contribution in [0.25, 0.3) is 5.69 Å². The molecule has 1 aromatic heterocycles. The molecule has 0 aliphatic heterocycles. The van der Waals surface area contributed by atoms with Crippen LogP contribution in [0.5, 0.6) is 5.75 Å². The van der Waals surface area contributed by atoms with Gasteiger partial charge in [0.1, 0.15) is 29.1 Å². The molecule has 1 aromatic carbocycles. The molecular weight excluding hydrogens is 358 g/mol. The standard InChI is InChI=1S/C12H6BrF4N3O/c1-5-11(21-12(16)17)10(4-18)20(19-5)9-3-7(14)6(13)2-8(9)15/h2-3,12H,1H3. The Kier molecular flexibility index (Phi) is 4.18. The number of benzene rings is 1. The summed E-state index contributed by atoms with van der Waals surface area (Å²) in [5, 5.41) is 12.8. The number of hydrogen-bond donors (Lipinski definition) is 0. The minimum Gasteiger partial charge on any atom is -0.430 e. The topological polar surface area (TPSA) is 50.8 Å². The van der Waals surface area contributed by atoms with Crippen molar-refractivity contribution in [1.29, 1.82) is 5.26 Å². The van der Waals surface area contributed by atoms with Crippen molar-refractivity contribution in [3.63, 3.8) is 0 Å². The zero-order chi connectivity index (χ0) is 15.7. The predicted octanol–water partition coefficient (Wildman–Crippen LogP) is 3.69. The number of alkyl halides is 2. The second-order valence-electron chi connectivity index (χ2n) is 3.88. The van der Waals surface area contributed by atoms with E-state index in [0.29, 0.717) is 0 Å². The smallest absolute Gasteiger partial charge is 0.387 e. The van der Waals surface area contributed by atoms with Crippen LogP contribution in [-0.4, -0.2) is 16.4 Å². The molecule has 9 heteroatoms. The van der Waals surface area contributed by atoms with Gasteiger partial charge in [-0.05, 0) is 28.9 Å². The monoisotopic (exact) mass is 363 g/mol. The summed E-state index contributed by atoms with van der Waals surface area (Å²) >= 11 is 2.81. The van der Waals surface area contributed by atoms with E-state index >= 15 is 0 Å². The van der Waals surface area contributed by atoms with E-state index in [1.54, 1.807) is 6.07 Å². The maximum Gasteiger partial charge on any atom is 0.387 e. The van der Waals surface area contributed by atoms with E-state index in [1.807, 2.05) is 0 Å². The molecule has 0 unspecified atom stereocenters. The summed E-state index contributed by atoms with van der Waals surface area (Å²) in [6, 6.07) is 3.23. The van der Waals surface area contributed by atoms with Gasteiger partial charge in [-0.15, -0.1) is 0 Å². The Morgan fingerprint density at radius 1 is 1.33 bits per heavy atom. The summed E-state index contributed by atoms with van der Waals surface area (Å²) in [5.74, 6) is -2.15. The number of aryl methyl sites for hydroxylation is 1. The van der Waals surface area contributed by atoms with Gasteiger partial charge in [0.05, 0.1) is 4.47 Å². The fraction of sp³-hybridized carbons (Fsp3) is 0.167. The van der Waals surface area contributed by atoms with Crippen molar-refractivity contribution in [1.82, 2.24) is 9.78 Å². The van der Waals surface area contributed by atoms with Gasteiger partial charge in [0, 0.05) is 6.07 Å². The average Bonchev–Trinajstić information content (AvgIpc) is 2.70. The Balaban J connectivity index is 2.66. The van der Waals surface area contributed by atoms with Gasteiger partial charge in [0.15, 0.2) is 11.4 Å². The average molecular weight is 364 g/mol. The lowest BCUT2D eigenvalue weighted by molar-refractivity contribution is -0.0505. The molecule has 2 aromatic rings. The molecule has 0 atom stereocenters. The first-order valence-corrected chi connectivity index (χ1v) is 6.24. The van der Waals surface area contributed by atoms with Crippen LogP contribution in [0.1, 0.15) is 11.4 Å². The van der Waals surface area contributed by atoms with Gasteiger partial charge >= 0.3 is 6.61 Å². The van der Waals surface area contributed by atoms with Crippen LogP contribution in [-0.2, 0) is 0 Å². The van der Waals surface area contributed by atoms with Gasteiger partial charge in [-0.2, -0.15) is 19.1 Å². The summed E-state index contributed by atoms with van der Waals surface area (Å²) in [6.45, 7) is -1.86. The second-order valence-corrected chi connectivity index (χ2v) is 4.74. The quantitative estimate of drug-likeness (QED) is 0.617. The van der Waals surface area contributed by atoms with Crippen molar-refractivity contribution in [2.75, 3.05) is 0 Å². The Labute approximate surface area is 124 Å². The van der Waals surface area contributed by atoms with E-state index in [2.05, 4.69) is 25.8 Å². The number of aromatic nitrogens is 2. The second kappa shape index (κ2) is 5.73. The first-order chi connectivity index (χ1) is 9.85. The third-order valence-corrected chi connectivity index (χ3v) is 3.14. The fourth-order valence-corrected chi connectivity index (χ4v) is 2.01. The zero-order valence-electron chi connectivity index (χ0n) is 10.4. The first kappa shape index (κ1) is 15.3. The molecule has 0 saturated carbocycles. The van der Waals surface area contributed by atoms with Gasteiger partial charge in [0.25, 0.3) is 0 Å². The van der Waals surface area contributed by atoms with Crippen LogP contribution in [0.3, 0.4) is 0 Å². The first-order valence-electron chi connectivity index (χ1n) is 5.44. The van der Waals surface area contributed by atoms with E-state index in [4.69, 9.17) is 5.26 Å². The van der Waals surface area contributed by atoms with Crippen molar-refractivity contribution < 1.29 is 22.3 Å². The van der Waals surface area contributed by atoms with Crippen molar-refractivity contribution in [2.45, 2.75) is 13.5 Å². The lowest BCUT2D eigenvalue weighted by Crippen LogP contribution is -2.06. The molecule has 0 spiro atoms. The van der Waals surface area contributed by atoms with Gasteiger partial charge in [-0.1, -0.05) is 0 Å². The van der Waals surface area contributed by atoms with E-state index < -0.39 is 29.7 Å². The molecule has 1 heterocycles. The molecule has 0 fully saturated rings. The maximum atomic E-state index is 13.9. The highest BCUT2D eigenvalue weighted by Crippen LogP contribution is 2.29. The molecule has 0 saturated heterocycles. The Morgan fingerprint density at radius 2 is 2.00 bits per heavy atom. The predicted molar refractivity (Wildman–Crippen MR) is 67.3 cm³/mol. The molecule has 0 N–H and O–H groups in total. The molecule has 0 bridgehead atoms. The van der Waals surface area contributed by atoms with Gasteiger partial charge in [-0.25, -0.2) is 13.5 Å². The Morgan fingerprint density at radius 3 is 2.57 bits per heavy atom. The molecule has 21 heavy (non-hydrogen) atoms. The number of halogens is 5. The van der Waals surface area contributed by atoms with Gasteiger partial charge < -0.3 is 4.74 Å². The molecular formula is C12H6BrF4N3O. The summed E-state index contributed by atoms with van der Waals surface area (Å²) in [7, 11) is 0. The third-order valence-electron chi connectivity index (χ3n) is 2.54. The van der Waals surface area contributed by atoms with Crippen LogP contribution in [0.4, 0.5) is 17.6 Å². The van der Waals surface area contributed by atoms with E-state index in [9.17, 15) is 17.6 Å². The highest BCUT2D eigenvalue weighted by atomic mass is 79.9. The Bertz CT molecular complexity index is 739. The lowest BCUT2D eigenvalue weighted by Gasteiger charge is -2.06. The summed E-state index contributed by atoms with van der Waals surface area (Å²) in [4.78, 5) is 0. The van der Waals surface area contributed by atoms with Crippen molar-refractivity contribution in [3.05, 3.63) is 39.6 Å². The van der Waals surface area contributed by atoms with Crippen LogP contribution in [0, 0.1) is 29.9 Å². The number of hydrogen-bond acceptors (Lipinski definition) is 3. The third kappa shape index (κ3) is 2.85. The summed E-state index contributed by atoms with van der Waals surface area (Å²) < 4.78 is 56.8. The van der Waals surface area contributed by atoms with E-state index in [1.165, 1.54) is 6.92 Å². The molecule has 0 radical (unpaired) electrons. The van der Waals surface area contributed by atoms with Crippen LogP contribution in [0.15, 0.2) is 16.6 Å². The molecule has 110 valence electrons. The lowest BCUT2D eigenvalue weighted by atomic mass is 10.3. The summed E-state index contributed by atoms with van der Waals surface area (Å²) in [5.41, 5.74) is -0.887. The van der Waals surface area contributed by atoms with Crippen LogP contribution in [0.2, 0.25) is 0 Å². The normalized spacial score (nSPS) is 10.8. The molecule has 0 amide bonds. The van der Waals surface area contributed by atoms with E-state index in [0.717, 1.165) is 16.8 Å². The van der Waals surface area contributed by atoms with Crippen LogP contribution >= 0.6 is 15.9 Å². The zero-order valence-corrected chi connectivity index (χ0v) is 12.0. The number of ether oxygens (including phenoxy) is 1. The largest absolute Gasteiger partial charge is 0.430 e. The molecule has 2 rings (SSSR count).